The molecule has 0 spiro atoms. The van der Waals surface area contributed by atoms with E-state index >= 15 is 0 Å². The molecular weight excluding hydrogens is 326 g/mol. The second-order valence-electron chi connectivity index (χ2n) is 5.38. The molecule has 0 aliphatic heterocycles. The number of rotatable bonds is 5. The van der Waals surface area contributed by atoms with Crippen LogP contribution < -0.4 is 11.1 Å². The topological polar surface area (TPSA) is 81.2 Å². The highest BCUT2D eigenvalue weighted by molar-refractivity contribution is 6.30. The molecule has 0 radical (unpaired) electrons. The van der Waals surface area contributed by atoms with Gasteiger partial charge in [0.25, 0.3) is 0 Å². The summed E-state index contributed by atoms with van der Waals surface area (Å²) in [5, 5.41) is 7.98. The minimum absolute atomic E-state index is 0.444. The summed E-state index contributed by atoms with van der Waals surface area (Å²) in [6, 6.07) is 14.6. The third-order valence-corrected chi connectivity index (χ3v) is 4.00. The molecule has 3 N–H and O–H groups in total. The number of hydrogen-bond acceptors (Lipinski definition) is 4. The van der Waals surface area contributed by atoms with Gasteiger partial charge < -0.3 is 15.6 Å². The molecule has 5 nitrogen and oxygen atoms in total. The molecular formula is C18H16ClN3O2. The second kappa shape index (κ2) is 6.76. The highest BCUT2D eigenvalue weighted by Crippen LogP contribution is 2.23. The Morgan fingerprint density at radius 1 is 1.25 bits per heavy atom. The second-order valence-corrected chi connectivity index (χ2v) is 5.82. The van der Waals surface area contributed by atoms with Crippen molar-refractivity contribution in [2.75, 3.05) is 5.32 Å². The van der Waals surface area contributed by atoms with Gasteiger partial charge in [-0.15, -0.1) is 0 Å². The lowest BCUT2D eigenvalue weighted by molar-refractivity contribution is 0.1000. The number of aromatic nitrogens is 1. The van der Waals surface area contributed by atoms with Crippen LogP contribution in [0.4, 0.5) is 5.69 Å². The predicted molar refractivity (Wildman–Crippen MR) is 94.0 cm³/mol. The highest BCUT2D eigenvalue weighted by atomic mass is 35.5. The first-order valence-corrected chi connectivity index (χ1v) is 7.77. The number of amides is 1. The molecule has 6 heteroatoms. The van der Waals surface area contributed by atoms with E-state index in [-0.39, 0.29) is 0 Å². The van der Waals surface area contributed by atoms with Crippen molar-refractivity contribution in [1.29, 1.82) is 0 Å². The van der Waals surface area contributed by atoms with E-state index in [0.717, 1.165) is 22.5 Å². The Labute approximate surface area is 144 Å². The molecule has 0 saturated carbocycles. The number of nitrogens with two attached hydrogens (primary N) is 1. The van der Waals surface area contributed by atoms with E-state index in [0.29, 0.717) is 22.9 Å². The molecule has 0 atom stereocenters. The average Bonchev–Trinajstić information content (AvgIpc) is 3.03. The summed E-state index contributed by atoms with van der Waals surface area (Å²) < 4.78 is 5.35. The minimum atomic E-state index is -0.444. The van der Waals surface area contributed by atoms with E-state index in [2.05, 4.69) is 10.5 Å². The van der Waals surface area contributed by atoms with Crippen LogP contribution in [0.3, 0.4) is 0 Å². The Bertz CT molecular complexity index is 872. The lowest BCUT2D eigenvalue weighted by atomic mass is 10.1. The van der Waals surface area contributed by atoms with Crippen molar-refractivity contribution in [3.8, 4) is 11.3 Å². The van der Waals surface area contributed by atoms with Gasteiger partial charge in [0, 0.05) is 27.9 Å². The van der Waals surface area contributed by atoms with Crippen LogP contribution in [0.1, 0.15) is 21.7 Å². The number of hydrogen-bond donors (Lipinski definition) is 2. The molecule has 1 aromatic heterocycles. The van der Waals surface area contributed by atoms with Crippen LogP contribution in [0.15, 0.2) is 53.1 Å². The van der Waals surface area contributed by atoms with Crippen LogP contribution in [0.25, 0.3) is 11.3 Å². The molecule has 3 aromatic rings. The largest absolute Gasteiger partial charge is 0.377 e. The molecule has 1 amide bonds. The Morgan fingerprint density at radius 2 is 2.00 bits per heavy atom. The molecule has 24 heavy (non-hydrogen) atoms. The third-order valence-electron chi connectivity index (χ3n) is 3.75. The van der Waals surface area contributed by atoms with E-state index < -0.39 is 5.91 Å². The molecule has 0 fully saturated rings. The van der Waals surface area contributed by atoms with Crippen molar-refractivity contribution in [1.82, 2.24) is 5.16 Å². The summed E-state index contributed by atoms with van der Waals surface area (Å²) >= 11 is 5.88. The molecule has 0 bridgehead atoms. The number of primary amides is 1. The molecule has 122 valence electrons. The quantitative estimate of drug-likeness (QED) is 0.734. The fourth-order valence-electron chi connectivity index (χ4n) is 2.43. The number of halogens is 1. The van der Waals surface area contributed by atoms with Gasteiger partial charge in [0.15, 0.2) is 5.76 Å². The molecule has 1 heterocycles. The lowest BCUT2D eigenvalue weighted by Gasteiger charge is -2.10. The van der Waals surface area contributed by atoms with Gasteiger partial charge in [-0.2, -0.15) is 0 Å². The van der Waals surface area contributed by atoms with Crippen LogP contribution in [-0.2, 0) is 6.54 Å². The molecule has 0 aliphatic carbocycles. The van der Waals surface area contributed by atoms with Gasteiger partial charge in [0.2, 0.25) is 5.91 Å². The van der Waals surface area contributed by atoms with Gasteiger partial charge in [0.05, 0.1) is 6.54 Å². The van der Waals surface area contributed by atoms with Crippen molar-refractivity contribution in [2.24, 2.45) is 5.73 Å². The van der Waals surface area contributed by atoms with Crippen LogP contribution >= 0.6 is 11.6 Å². The van der Waals surface area contributed by atoms with Crippen LogP contribution in [0, 0.1) is 6.92 Å². The highest BCUT2D eigenvalue weighted by Gasteiger charge is 2.10. The zero-order chi connectivity index (χ0) is 17.1. The Kier molecular flexibility index (Phi) is 4.53. The summed E-state index contributed by atoms with van der Waals surface area (Å²) in [4.78, 5) is 11.4. The average molecular weight is 342 g/mol. The summed E-state index contributed by atoms with van der Waals surface area (Å²) in [5.41, 5.74) is 9.17. The van der Waals surface area contributed by atoms with E-state index in [1.807, 2.05) is 43.3 Å². The van der Waals surface area contributed by atoms with Crippen LogP contribution in [0.5, 0.6) is 0 Å². The van der Waals surface area contributed by atoms with Crippen molar-refractivity contribution < 1.29 is 9.32 Å². The number of carbonyl (C=O) groups is 1. The first kappa shape index (κ1) is 16.1. The maximum absolute atomic E-state index is 11.4. The molecule has 0 aliphatic rings. The van der Waals surface area contributed by atoms with Crippen LogP contribution in [-0.4, -0.2) is 11.1 Å². The van der Waals surface area contributed by atoms with Gasteiger partial charge in [-0.25, -0.2) is 0 Å². The van der Waals surface area contributed by atoms with E-state index in [9.17, 15) is 4.79 Å². The van der Waals surface area contributed by atoms with Gasteiger partial charge in [0.1, 0.15) is 5.69 Å². The predicted octanol–water partition coefficient (Wildman–Crippen LogP) is 4.01. The zero-order valence-corrected chi connectivity index (χ0v) is 13.8. The number of nitrogens with one attached hydrogen (secondary N) is 1. The summed E-state index contributed by atoms with van der Waals surface area (Å²) in [6.07, 6.45) is 0. The maximum atomic E-state index is 11.4. The first-order valence-electron chi connectivity index (χ1n) is 7.39. The first-order chi connectivity index (χ1) is 11.5. The van der Waals surface area contributed by atoms with Gasteiger partial charge in [-0.1, -0.05) is 35.0 Å². The number of anilines is 1. The Morgan fingerprint density at radius 3 is 2.71 bits per heavy atom. The Hall–Kier alpha value is -2.79. The molecule has 0 unspecified atom stereocenters. The standard InChI is InChI=1S/C18H16ClN3O2/c1-11-15(18(20)23)3-2-4-16(11)21-10-14-9-17(22-24-14)12-5-7-13(19)8-6-12/h2-9,21H,10H2,1H3,(H2,20,23). The fourth-order valence-corrected chi connectivity index (χ4v) is 2.56. The zero-order valence-electron chi connectivity index (χ0n) is 13.0. The smallest absolute Gasteiger partial charge is 0.249 e. The van der Waals surface area contributed by atoms with Crippen molar-refractivity contribution in [3.05, 3.63) is 70.4 Å². The molecule has 2 aromatic carbocycles. The number of benzene rings is 2. The maximum Gasteiger partial charge on any atom is 0.249 e. The third kappa shape index (κ3) is 3.41. The van der Waals surface area contributed by atoms with Gasteiger partial charge in [-0.3, -0.25) is 4.79 Å². The molecule has 3 rings (SSSR count). The Balaban J connectivity index is 1.73. The molecule has 0 saturated heterocycles. The summed E-state index contributed by atoms with van der Waals surface area (Å²) in [5.74, 6) is 0.240. The van der Waals surface area contributed by atoms with Crippen LogP contribution in [0.2, 0.25) is 5.02 Å². The number of nitrogens with zero attached hydrogens (tertiary/aromatic N) is 1. The monoisotopic (exact) mass is 341 g/mol. The summed E-state index contributed by atoms with van der Waals surface area (Å²) in [7, 11) is 0. The minimum Gasteiger partial charge on any atom is -0.377 e. The van der Waals surface area contributed by atoms with Gasteiger partial charge >= 0.3 is 0 Å². The van der Waals surface area contributed by atoms with E-state index in [4.69, 9.17) is 21.9 Å². The number of carbonyl (C=O) groups excluding carboxylic acids is 1. The normalized spacial score (nSPS) is 10.6. The van der Waals surface area contributed by atoms with E-state index in [1.54, 1.807) is 12.1 Å². The van der Waals surface area contributed by atoms with E-state index in [1.165, 1.54) is 0 Å². The van der Waals surface area contributed by atoms with Crippen molar-refractivity contribution >= 4 is 23.2 Å². The SMILES string of the molecule is Cc1c(NCc2cc(-c3ccc(Cl)cc3)no2)cccc1C(N)=O. The van der Waals surface area contributed by atoms with Crippen molar-refractivity contribution in [2.45, 2.75) is 13.5 Å². The fraction of sp³-hybridized carbons (Fsp3) is 0.111. The van der Waals surface area contributed by atoms with Crippen molar-refractivity contribution in [3.63, 3.8) is 0 Å². The lowest BCUT2D eigenvalue weighted by Crippen LogP contribution is -2.13. The summed E-state index contributed by atoms with van der Waals surface area (Å²) in [6.45, 7) is 2.30. The van der Waals surface area contributed by atoms with Gasteiger partial charge in [-0.05, 0) is 36.8 Å².